The maximum Gasteiger partial charge on any atom is 0.152 e. The number of rotatable bonds is 3. The molecular weight excluding hydrogens is 286 g/mol. The zero-order chi connectivity index (χ0) is 14.9. The standard InChI is InChI=1S/C15H29N3O2S/c16-12-15(6-3-11-21(19,20)13-15)18-9-7-17(8-10-18)14-4-1-2-5-14/h14H,1-13,16H2. The lowest BCUT2D eigenvalue weighted by atomic mass is 9.92. The highest BCUT2D eigenvalue weighted by atomic mass is 32.2. The van der Waals surface area contributed by atoms with Gasteiger partial charge in [0, 0.05) is 44.3 Å². The van der Waals surface area contributed by atoms with Gasteiger partial charge in [0.25, 0.3) is 0 Å². The molecule has 21 heavy (non-hydrogen) atoms. The first-order valence-corrected chi connectivity index (χ1v) is 10.3. The van der Waals surface area contributed by atoms with Crippen molar-refractivity contribution in [3.05, 3.63) is 0 Å². The molecule has 1 atom stereocenters. The first-order valence-electron chi connectivity index (χ1n) is 8.44. The summed E-state index contributed by atoms with van der Waals surface area (Å²) in [6.07, 6.45) is 7.13. The van der Waals surface area contributed by atoms with E-state index in [0.29, 0.717) is 12.3 Å². The molecule has 0 aromatic heterocycles. The van der Waals surface area contributed by atoms with E-state index in [1.807, 2.05) is 0 Å². The van der Waals surface area contributed by atoms with E-state index in [1.54, 1.807) is 0 Å². The summed E-state index contributed by atoms with van der Waals surface area (Å²) in [7, 11) is -2.92. The summed E-state index contributed by atoms with van der Waals surface area (Å²) in [5.74, 6) is 0.608. The summed E-state index contributed by atoms with van der Waals surface area (Å²) in [4.78, 5) is 5.00. The van der Waals surface area contributed by atoms with Gasteiger partial charge in [-0.1, -0.05) is 12.8 Å². The van der Waals surface area contributed by atoms with Gasteiger partial charge in [-0.3, -0.25) is 9.80 Å². The molecule has 0 aromatic carbocycles. The number of nitrogens with zero attached hydrogens (tertiary/aromatic N) is 2. The molecule has 2 aliphatic heterocycles. The number of hydrogen-bond acceptors (Lipinski definition) is 5. The van der Waals surface area contributed by atoms with Crippen molar-refractivity contribution >= 4 is 9.84 Å². The number of sulfone groups is 1. The van der Waals surface area contributed by atoms with Crippen molar-refractivity contribution in [1.82, 2.24) is 9.80 Å². The number of piperazine rings is 1. The molecule has 0 spiro atoms. The van der Waals surface area contributed by atoms with Crippen LogP contribution in [0.15, 0.2) is 0 Å². The van der Waals surface area contributed by atoms with Crippen LogP contribution in [0.25, 0.3) is 0 Å². The van der Waals surface area contributed by atoms with Gasteiger partial charge < -0.3 is 5.73 Å². The van der Waals surface area contributed by atoms with Crippen molar-refractivity contribution in [2.45, 2.75) is 50.1 Å². The molecule has 0 amide bonds. The molecule has 3 fully saturated rings. The molecular formula is C15H29N3O2S. The third-order valence-corrected chi connectivity index (χ3v) is 7.68. The highest BCUT2D eigenvalue weighted by Crippen LogP contribution is 2.31. The first-order chi connectivity index (χ1) is 10.0. The molecule has 3 aliphatic rings. The summed E-state index contributed by atoms with van der Waals surface area (Å²) < 4.78 is 24.1. The van der Waals surface area contributed by atoms with E-state index in [4.69, 9.17) is 5.73 Å². The Labute approximate surface area is 128 Å². The highest BCUT2D eigenvalue weighted by molar-refractivity contribution is 7.91. The zero-order valence-electron chi connectivity index (χ0n) is 13.0. The Kier molecular flexibility index (Phi) is 4.60. The molecule has 1 saturated carbocycles. The summed E-state index contributed by atoms with van der Waals surface area (Å²) >= 11 is 0. The molecule has 3 rings (SSSR count). The second-order valence-corrected chi connectivity index (χ2v) is 9.27. The minimum Gasteiger partial charge on any atom is -0.329 e. The van der Waals surface area contributed by atoms with Gasteiger partial charge in [0.15, 0.2) is 9.84 Å². The van der Waals surface area contributed by atoms with Gasteiger partial charge in [-0.25, -0.2) is 8.42 Å². The van der Waals surface area contributed by atoms with Crippen molar-refractivity contribution < 1.29 is 8.42 Å². The third-order valence-electron chi connectivity index (χ3n) is 5.79. The fraction of sp³-hybridized carbons (Fsp3) is 1.00. The maximum atomic E-state index is 12.0. The summed E-state index contributed by atoms with van der Waals surface area (Å²) in [5, 5.41) is 0. The highest BCUT2D eigenvalue weighted by Gasteiger charge is 2.43. The molecule has 122 valence electrons. The van der Waals surface area contributed by atoms with Gasteiger partial charge in [0.1, 0.15) is 0 Å². The molecule has 2 N–H and O–H groups in total. The fourth-order valence-electron chi connectivity index (χ4n) is 4.55. The second kappa shape index (κ2) is 6.14. The van der Waals surface area contributed by atoms with Gasteiger partial charge in [0.2, 0.25) is 0 Å². The molecule has 6 heteroatoms. The molecule has 0 bridgehead atoms. The first kappa shape index (κ1) is 15.7. The smallest absolute Gasteiger partial charge is 0.152 e. The summed E-state index contributed by atoms with van der Waals surface area (Å²) in [5.41, 5.74) is 5.73. The Morgan fingerprint density at radius 1 is 1.05 bits per heavy atom. The monoisotopic (exact) mass is 315 g/mol. The molecule has 0 radical (unpaired) electrons. The average Bonchev–Trinajstić information content (AvgIpc) is 3.00. The van der Waals surface area contributed by atoms with Crippen LogP contribution in [0, 0.1) is 0 Å². The van der Waals surface area contributed by atoms with E-state index in [9.17, 15) is 8.42 Å². The second-order valence-electron chi connectivity index (χ2n) is 7.09. The van der Waals surface area contributed by atoms with Crippen LogP contribution in [0.2, 0.25) is 0 Å². The maximum absolute atomic E-state index is 12.0. The molecule has 0 aromatic rings. The van der Waals surface area contributed by atoms with Crippen LogP contribution in [0.1, 0.15) is 38.5 Å². The SMILES string of the molecule is NCC1(N2CCN(C3CCCC3)CC2)CCCS(=O)(=O)C1. The van der Waals surface area contributed by atoms with E-state index in [-0.39, 0.29) is 11.3 Å². The predicted octanol–water partition coefficient (Wildman–Crippen LogP) is 0.453. The topological polar surface area (TPSA) is 66.6 Å². The van der Waals surface area contributed by atoms with Crippen LogP contribution < -0.4 is 5.73 Å². The lowest BCUT2D eigenvalue weighted by Gasteiger charge is -2.49. The Morgan fingerprint density at radius 3 is 2.29 bits per heavy atom. The zero-order valence-corrected chi connectivity index (χ0v) is 13.8. The average molecular weight is 315 g/mol. The van der Waals surface area contributed by atoms with Crippen molar-refractivity contribution in [3.63, 3.8) is 0 Å². The largest absolute Gasteiger partial charge is 0.329 e. The molecule has 1 aliphatic carbocycles. The summed E-state index contributed by atoms with van der Waals surface area (Å²) in [6.45, 7) is 4.57. The Hall–Kier alpha value is -0.170. The van der Waals surface area contributed by atoms with E-state index < -0.39 is 9.84 Å². The van der Waals surface area contributed by atoms with E-state index in [2.05, 4.69) is 9.80 Å². The predicted molar refractivity (Wildman–Crippen MR) is 85.1 cm³/mol. The van der Waals surface area contributed by atoms with Crippen LogP contribution in [-0.2, 0) is 9.84 Å². The Bertz CT molecular complexity index is 454. The quantitative estimate of drug-likeness (QED) is 0.819. The Balaban J connectivity index is 1.64. The van der Waals surface area contributed by atoms with Crippen LogP contribution >= 0.6 is 0 Å². The van der Waals surface area contributed by atoms with E-state index in [0.717, 1.165) is 45.1 Å². The molecule has 1 unspecified atom stereocenters. The van der Waals surface area contributed by atoms with E-state index >= 15 is 0 Å². The number of hydrogen-bond donors (Lipinski definition) is 1. The van der Waals surface area contributed by atoms with Gasteiger partial charge in [0.05, 0.1) is 11.5 Å². The van der Waals surface area contributed by atoms with Crippen LogP contribution in [-0.4, -0.2) is 74.0 Å². The van der Waals surface area contributed by atoms with Gasteiger partial charge in [-0.05, 0) is 25.7 Å². The van der Waals surface area contributed by atoms with E-state index in [1.165, 1.54) is 25.7 Å². The minimum absolute atomic E-state index is 0.264. The lowest BCUT2D eigenvalue weighted by Crippen LogP contribution is -2.65. The van der Waals surface area contributed by atoms with Crippen molar-refractivity contribution in [2.75, 3.05) is 44.2 Å². The number of nitrogens with two attached hydrogens (primary N) is 1. The normalized spacial score (nSPS) is 36.0. The molecule has 2 saturated heterocycles. The van der Waals surface area contributed by atoms with Crippen LogP contribution in [0.4, 0.5) is 0 Å². The third kappa shape index (κ3) is 3.28. The molecule has 2 heterocycles. The van der Waals surface area contributed by atoms with Crippen molar-refractivity contribution in [1.29, 1.82) is 0 Å². The van der Waals surface area contributed by atoms with Crippen molar-refractivity contribution in [2.24, 2.45) is 5.73 Å². The Morgan fingerprint density at radius 2 is 1.71 bits per heavy atom. The van der Waals surface area contributed by atoms with Crippen molar-refractivity contribution in [3.8, 4) is 0 Å². The van der Waals surface area contributed by atoms with Crippen LogP contribution in [0.3, 0.4) is 0 Å². The molecule has 5 nitrogen and oxygen atoms in total. The fourth-order valence-corrected chi connectivity index (χ4v) is 6.54. The van der Waals surface area contributed by atoms with Crippen LogP contribution in [0.5, 0.6) is 0 Å². The summed E-state index contributed by atoms with van der Waals surface area (Å²) in [6, 6.07) is 0.774. The van der Waals surface area contributed by atoms with Gasteiger partial charge in [-0.2, -0.15) is 0 Å². The van der Waals surface area contributed by atoms with Gasteiger partial charge >= 0.3 is 0 Å². The minimum atomic E-state index is -2.92. The van der Waals surface area contributed by atoms with Gasteiger partial charge in [-0.15, -0.1) is 0 Å². The lowest BCUT2D eigenvalue weighted by molar-refractivity contribution is 0.0258.